The molecule has 3 heteroatoms. The van der Waals surface area contributed by atoms with Crippen molar-refractivity contribution in [1.82, 2.24) is 0 Å². The summed E-state index contributed by atoms with van der Waals surface area (Å²) in [6.07, 6.45) is 0. The first kappa shape index (κ1) is 10.6. The number of rotatable bonds is 1. The smallest absolute Gasteiger partial charge is 0.220 e. The van der Waals surface area contributed by atoms with Gasteiger partial charge in [0.25, 0.3) is 0 Å². The predicted octanol–water partition coefficient (Wildman–Crippen LogP) is 1.93. The van der Waals surface area contributed by atoms with Gasteiger partial charge in [-0.1, -0.05) is 0 Å². The Labute approximate surface area is 83.0 Å². The van der Waals surface area contributed by atoms with Crippen LogP contribution < -0.4 is 10.2 Å². The summed E-state index contributed by atoms with van der Waals surface area (Å²) in [6.45, 7) is 5.74. The number of hydrogen-bond acceptors (Lipinski definition) is 3. The number of ether oxygens (including phenoxy) is 1. The average molecular weight is 194 g/mol. The highest BCUT2D eigenvalue weighted by molar-refractivity contribution is 5.27. The standard InChI is InChI=1S/C11H14O3/c1-11(2,3)14-8-4-6-9(12)10(13)7-5-8/h4-7H,1-3H3,(H,12,13). The third-order valence-electron chi connectivity index (χ3n) is 1.48. The Morgan fingerprint density at radius 1 is 1.14 bits per heavy atom. The summed E-state index contributed by atoms with van der Waals surface area (Å²) in [5.74, 6) is 0.295. The lowest BCUT2D eigenvalue weighted by atomic mass is 10.2. The summed E-state index contributed by atoms with van der Waals surface area (Å²) >= 11 is 0. The van der Waals surface area contributed by atoms with Gasteiger partial charge in [0.05, 0.1) is 0 Å². The quantitative estimate of drug-likeness (QED) is 0.743. The van der Waals surface area contributed by atoms with E-state index in [1.807, 2.05) is 20.8 Å². The second-order valence-corrected chi connectivity index (χ2v) is 4.03. The minimum atomic E-state index is -0.409. The highest BCUT2D eigenvalue weighted by Gasteiger charge is 2.10. The monoisotopic (exact) mass is 194 g/mol. The van der Waals surface area contributed by atoms with Crippen LogP contribution in [0, 0.1) is 0 Å². The first-order valence-electron chi connectivity index (χ1n) is 4.41. The lowest BCUT2D eigenvalue weighted by Crippen LogP contribution is -2.22. The van der Waals surface area contributed by atoms with Crippen LogP contribution in [0.4, 0.5) is 0 Å². The molecule has 0 radical (unpaired) electrons. The maximum atomic E-state index is 11.0. The van der Waals surface area contributed by atoms with Gasteiger partial charge in [-0.15, -0.1) is 0 Å². The van der Waals surface area contributed by atoms with Crippen molar-refractivity contribution < 1.29 is 9.84 Å². The molecule has 0 aliphatic heterocycles. The van der Waals surface area contributed by atoms with E-state index in [4.69, 9.17) is 9.84 Å². The van der Waals surface area contributed by atoms with E-state index in [2.05, 4.69) is 0 Å². The van der Waals surface area contributed by atoms with Gasteiger partial charge in [0, 0.05) is 0 Å². The first-order valence-corrected chi connectivity index (χ1v) is 4.41. The van der Waals surface area contributed by atoms with E-state index >= 15 is 0 Å². The van der Waals surface area contributed by atoms with Crippen LogP contribution in [0.1, 0.15) is 20.8 Å². The van der Waals surface area contributed by atoms with Crippen LogP contribution in [-0.2, 0) is 0 Å². The van der Waals surface area contributed by atoms with Crippen molar-refractivity contribution in [2.24, 2.45) is 0 Å². The molecule has 1 rings (SSSR count). The van der Waals surface area contributed by atoms with E-state index in [0.717, 1.165) is 0 Å². The molecule has 0 aliphatic rings. The topological polar surface area (TPSA) is 46.5 Å². The molecule has 0 amide bonds. The zero-order chi connectivity index (χ0) is 10.8. The summed E-state index contributed by atoms with van der Waals surface area (Å²) in [4.78, 5) is 11.0. The van der Waals surface area contributed by atoms with Crippen LogP contribution in [0.3, 0.4) is 0 Å². The predicted molar refractivity (Wildman–Crippen MR) is 54.8 cm³/mol. The Kier molecular flexibility index (Phi) is 2.79. The molecular formula is C11H14O3. The fourth-order valence-electron chi connectivity index (χ4n) is 0.964. The van der Waals surface area contributed by atoms with Crippen molar-refractivity contribution in [2.45, 2.75) is 26.4 Å². The fourth-order valence-corrected chi connectivity index (χ4v) is 0.964. The summed E-state index contributed by atoms with van der Waals surface area (Å²) in [5.41, 5.74) is -0.721. The van der Waals surface area contributed by atoms with E-state index < -0.39 is 5.43 Å². The molecule has 0 spiro atoms. The molecule has 0 bridgehead atoms. The SMILES string of the molecule is CC(C)(C)Oc1ccc(O)c(=O)cc1. The van der Waals surface area contributed by atoms with Crippen molar-refractivity contribution in [2.75, 3.05) is 0 Å². The molecule has 14 heavy (non-hydrogen) atoms. The summed E-state index contributed by atoms with van der Waals surface area (Å²) in [5, 5.41) is 9.13. The Morgan fingerprint density at radius 3 is 2.29 bits per heavy atom. The van der Waals surface area contributed by atoms with Gasteiger partial charge in [0.15, 0.2) is 5.75 Å². The maximum absolute atomic E-state index is 11.0. The average Bonchev–Trinajstić information content (AvgIpc) is 2.17. The molecule has 0 atom stereocenters. The number of hydrogen-bond donors (Lipinski definition) is 1. The van der Waals surface area contributed by atoms with Crippen LogP contribution in [0.2, 0.25) is 0 Å². The first-order chi connectivity index (χ1) is 6.38. The Bertz CT molecular complexity index is 377. The van der Waals surface area contributed by atoms with Gasteiger partial charge < -0.3 is 9.84 Å². The minimum absolute atomic E-state index is 0.270. The molecule has 76 valence electrons. The second-order valence-electron chi connectivity index (χ2n) is 4.03. The van der Waals surface area contributed by atoms with E-state index in [-0.39, 0.29) is 11.4 Å². The maximum Gasteiger partial charge on any atom is 0.220 e. The van der Waals surface area contributed by atoms with Crippen LogP contribution in [-0.4, -0.2) is 10.7 Å². The number of aromatic hydroxyl groups is 1. The lowest BCUT2D eigenvalue weighted by molar-refractivity contribution is 0.131. The van der Waals surface area contributed by atoms with Gasteiger partial charge in [0.2, 0.25) is 5.43 Å². The van der Waals surface area contributed by atoms with Crippen LogP contribution in [0.5, 0.6) is 11.5 Å². The molecule has 1 aromatic rings. The molecule has 1 N–H and O–H groups in total. The van der Waals surface area contributed by atoms with Gasteiger partial charge >= 0.3 is 0 Å². The van der Waals surface area contributed by atoms with Crippen molar-refractivity contribution in [3.8, 4) is 11.5 Å². The summed E-state index contributed by atoms with van der Waals surface area (Å²) < 4.78 is 5.52. The molecule has 1 aromatic carbocycles. The zero-order valence-corrected chi connectivity index (χ0v) is 8.57. The zero-order valence-electron chi connectivity index (χ0n) is 8.57. The van der Waals surface area contributed by atoms with Gasteiger partial charge in [0.1, 0.15) is 11.4 Å². The Hall–Kier alpha value is -1.51. The highest BCUT2D eigenvalue weighted by Crippen LogP contribution is 2.16. The normalized spacial score (nSPS) is 11.1. The van der Waals surface area contributed by atoms with E-state index in [1.54, 1.807) is 12.1 Å². The highest BCUT2D eigenvalue weighted by atomic mass is 16.5. The van der Waals surface area contributed by atoms with Crippen LogP contribution in [0.25, 0.3) is 0 Å². The largest absolute Gasteiger partial charge is 0.504 e. The Morgan fingerprint density at radius 2 is 1.71 bits per heavy atom. The molecular weight excluding hydrogens is 180 g/mol. The van der Waals surface area contributed by atoms with Crippen LogP contribution >= 0.6 is 0 Å². The molecule has 0 heterocycles. The molecule has 0 unspecified atom stereocenters. The van der Waals surface area contributed by atoms with Crippen molar-refractivity contribution in [3.63, 3.8) is 0 Å². The summed E-state index contributed by atoms with van der Waals surface area (Å²) in [7, 11) is 0. The fraction of sp³-hybridized carbons (Fsp3) is 0.364. The van der Waals surface area contributed by atoms with E-state index in [1.165, 1.54) is 12.1 Å². The third kappa shape index (κ3) is 3.09. The van der Waals surface area contributed by atoms with Crippen LogP contribution in [0.15, 0.2) is 29.1 Å². The molecule has 0 saturated carbocycles. The molecule has 0 aliphatic carbocycles. The van der Waals surface area contributed by atoms with Gasteiger partial charge in [-0.05, 0) is 45.0 Å². The van der Waals surface area contributed by atoms with Gasteiger partial charge in [-0.3, -0.25) is 4.79 Å². The second kappa shape index (κ2) is 3.70. The van der Waals surface area contributed by atoms with Gasteiger partial charge in [-0.2, -0.15) is 0 Å². The molecule has 0 aromatic heterocycles. The van der Waals surface area contributed by atoms with Crippen molar-refractivity contribution >= 4 is 0 Å². The third-order valence-corrected chi connectivity index (χ3v) is 1.48. The Balaban J connectivity index is 3.04. The minimum Gasteiger partial charge on any atom is -0.504 e. The van der Waals surface area contributed by atoms with Crippen molar-refractivity contribution in [3.05, 3.63) is 34.5 Å². The molecule has 0 saturated heterocycles. The lowest BCUT2D eigenvalue weighted by Gasteiger charge is -2.20. The molecule has 3 nitrogen and oxygen atoms in total. The molecule has 0 fully saturated rings. The van der Waals surface area contributed by atoms with Gasteiger partial charge in [-0.25, -0.2) is 0 Å². The summed E-state index contributed by atoms with van der Waals surface area (Å²) in [6, 6.07) is 5.75. The van der Waals surface area contributed by atoms with E-state index in [0.29, 0.717) is 5.75 Å². The van der Waals surface area contributed by atoms with E-state index in [9.17, 15) is 4.79 Å². The van der Waals surface area contributed by atoms with Crippen molar-refractivity contribution in [1.29, 1.82) is 0 Å².